The van der Waals surface area contributed by atoms with Crippen LogP contribution in [-0.2, 0) is 6.61 Å². The summed E-state index contributed by atoms with van der Waals surface area (Å²) in [5, 5.41) is 12.6. The molecular formula is C16H12Cl2N4O. The predicted octanol–water partition coefficient (Wildman–Crippen LogP) is 4.05. The highest BCUT2D eigenvalue weighted by Crippen LogP contribution is 2.23. The fourth-order valence-corrected chi connectivity index (χ4v) is 2.19. The fourth-order valence-electron chi connectivity index (χ4n) is 1.87. The molecule has 1 aromatic heterocycles. The quantitative estimate of drug-likeness (QED) is 0.655. The van der Waals surface area contributed by atoms with Gasteiger partial charge in [-0.25, -0.2) is 4.68 Å². The van der Waals surface area contributed by atoms with Gasteiger partial charge in [-0.3, -0.25) is 0 Å². The Labute approximate surface area is 143 Å². The molecule has 0 fully saturated rings. The maximum atomic E-state index is 5.99. The van der Waals surface area contributed by atoms with Gasteiger partial charge in [0.15, 0.2) is 0 Å². The number of rotatable bonds is 5. The van der Waals surface area contributed by atoms with Gasteiger partial charge in [-0.2, -0.15) is 5.10 Å². The van der Waals surface area contributed by atoms with Crippen LogP contribution in [0.25, 0.3) is 0 Å². The molecule has 0 bridgehead atoms. The van der Waals surface area contributed by atoms with Crippen molar-refractivity contribution in [2.45, 2.75) is 6.61 Å². The summed E-state index contributed by atoms with van der Waals surface area (Å²) < 4.78 is 7.29. The Morgan fingerprint density at radius 1 is 1.04 bits per heavy atom. The molecule has 0 saturated heterocycles. The summed E-state index contributed by atoms with van der Waals surface area (Å²) in [7, 11) is 0. The van der Waals surface area contributed by atoms with Crippen LogP contribution in [-0.4, -0.2) is 21.1 Å². The van der Waals surface area contributed by atoms with Crippen LogP contribution in [0.5, 0.6) is 5.75 Å². The van der Waals surface area contributed by atoms with Crippen LogP contribution in [0.3, 0.4) is 0 Å². The first kappa shape index (κ1) is 15.5. The van der Waals surface area contributed by atoms with E-state index in [1.54, 1.807) is 18.3 Å². The van der Waals surface area contributed by atoms with E-state index in [0.29, 0.717) is 16.7 Å². The number of aromatic nitrogens is 3. The third kappa shape index (κ3) is 4.31. The van der Waals surface area contributed by atoms with E-state index in [1.165, 1.54) is 17.3 Å². The Morgan fingerprint density at radius 3 is 2.65 bits per heavy atom. The maximum Gasteiger partial charge on any atom is 0.141 e. The van der Waals surface area contributed by atoms with Crippen molar-refractivity contribution >= 4 is 29.4 Å². The number of benzene rings is 2. The van der Waals surface area contributed by atoms with Crippen LogP contribution in [0.4, 0.5) is 0 Å². The summed E-state index contributed by atoms with van der Waals surface area (Å²) in [5.41, 5.74) is 1.85. The van der Waals surface area contributed by atoms with Gasteiger partial charge in [0.25, 0.3) is 0 Å². The standard InChI is InChI=1S/C16H12Cl2N4O/c17-15-5-4-13(7-16(15)18)9-23-14-3-1-2-12(6-14)8-21-22-10-19-20-11-22/h1-8,10-11H,9H2/b21-8-. The average Bonchev–Trinajstić information content (AvgIpc) is 3.08. The molecule has 5 nitrogen and oxygen atoms in total. The Bertz CT molecular complexity index is 819. The highest BCUT2D eigenvalue weighted by molar-refractivity contribution is 6.42. The van der Waals surface area contributed by atoms with E-state index in [9.17, 15) is 0 Å². The Hall–Kier alpha value is -2.37. The summed E-state index contributed by atoms with van der Waals surface area (Å²) in [5.74, 6) is 0.740. The van der Waals surface area contributed by atoms with Gasteiger partial charge in [0.05, 0.1) is 16.3 Å². The summed E-state index contributed by atoms with van der Waals surface area (Å²) >= 11 is 11.9. The van der Waals surface area contributed by atoms with E-state index >= 15 is 0 Å². The zero-order chi connectivity index (χ0) is 16.1. The lowest BCUT2D eigenvalue weighted by Gasteiger charge is -2.07. The molecule has 23 heavy (non-hydrogen) atoms. The van der Waals surface area contributed by atoms with Gasteiger partial charge >= 0.3 is 0 Å². The van der Waals surface area contributed by atoms with Crippen LogP contribution in [0.1, 0.15) is 11.1 Å². The molecular weight excluding hydrogens is 335 g/mol. The first-order chi connectivity index (χ1) is 11.2. The lowest BCUT2D eigenvalue weighted by molar-refractivity contribution is 0.306. The van der Waals surface area contributed by atoms with Crippen molar-refractivity contribution in [1.29, 1.82) is 0 Å². The zero-order valence-electron chi connectivity index (χ0n) is 11.9. The normalized spacial score (nSPS) is 11.0. The first-order valence-electron chi connectivity index (χ1n) is 6.76. The number of ether oxygens (including phenoxy) is 1. The number of hydrogen-bond acceptors (Lipinski definition) is 4. The lowest BCUT2D eigenvalue weighted by atomic mass is 10.2. The molecule has 1 heterocycles. The number of hydrogen-bond donors (Lipinski definition) is 0. The molecule has 7 heteroatoms. The van der Waals surface area contributed by atoms with Gasteiger partial charge < -0.3 is 4.74 Å². The van der Waals surface area contributed by atoms with Crippen LogP contribution >= 0.6 is 23.2 Å². The monoisotopic (exact) mass is 346 g/mol. The summed E-state index contributed by atoms with van der Waals surface area (Å²) in [6.45, 7) is 0.406. The smallest absolute Gasteiger partial charge is 0.141 e. The highest BCUT2D eigenvalue weighted by atomic mass is 35.5. The second kappa shape index (κ2) is 7.26. The molecule has 3 aromatic rings. The van der Waals surface area contributed by atoms with Gasteiger partial charge in [0, 0.05) is 0 Å². The highest BCUT2D eigenvalue weighted by Gasteiger charge is 2.01. The third-order valence-corrected chi connectivity index (χ3v) is 3.73. The van der Waals surface area contributed by atoms with Crippen molar-refractivity contribution in [2.24, 2.45) is 5.10 Å². The van der Waals surface area contributed by atoms with Crippen molar-refractivity contribution in [2.75, 3.05) is 0 Å². The molecule has 116 valence electrons. The molecule has 0 saturated carbocycles. The third-order valence-electron chi connectivity index (χ3n) is 2.99. The van der Waals surface area contributed by atoms with Gasteiger partial charge in [0.1, 0.15) is 25.0 Å². The van der Waals surface area contributed by atoms with E-state index < -0.39 is 0 Å². The Kier molecular flexibility index (Phi) is 4.90. The molecule has 0 spiro atoms. The van der Waals surface area contributed by atoms with Crippen molar-refractivity contribution < 1.29 is 4.74 Å². The second-order valence-corrected chi connectivity index (χ2v) is 5.51. The van der Waals surface area contributed by atoms with Crippen molar-refractivity contribution in [1.82, 2.24) is 14.9 Å². The molecule has 0 N–H and O–H groups in total. The molecule has 0 aliphatic rings. The maximum absolute atomic E-state index is 5.99. The summed E-state index contributed by atoms with van der Waals surface area (Å²) in [4.78, 5) is 0. The van der Waals surface area contributed by atoms with Crippen LogP contribution in [0.15, 0.2) is 60.2 Å². The van der Waals surface area contributed by atoms with Gasteiger partial charge in [-0.15, -0.1) is 10.2 Å². The minimum Gasteiger partial charge on any atom is -0.489 e. The first-order valence-corrected chi connectivity index (χ1v) is 7.52. The van der Waals surface area contributed by atoms with E-state index in [2.05, 4.69) is 15.3 Å². The van der Waals surface area contributed by atoms with Crippen LogP contribution in [0, 0.1) is 0 Å². The molecule has 0 radical (unpaired) electrons. The summed E-state index contributed by atoms with van der Waals surface area (Å²) in [6, 6.07) is 13.0. The number of nitrogens with zero attached hydrogens (tertiary/aromatic N) is 4. The van der Waals surface area contributed by atoms with Crippen LogP contribution in [0.2, 0.25) is 10.0 Å². The zero-order valence-corrected chi connectivity index (χ0v) is 13.4. The predicted molar refractivity (Wildman–Crippen MR) is 90.3 cm³/mol. The fraction of sp³-hybridized carbons (Fsp3) is 0.0625. The van der Waals surface area contributed by atoms with Gasteiger partial charge in [-0.05, 0) is 35.4 Å². The van der Waals surface area contributed by atoms with E-state index in [1.807, 2.05) is 30.3 Å². The Morgan fingerprint density at radius 2 is 1.87 bits per heavy atom. The van der Waals surface area contributed by atoms with E-state index in [0.717, 1.165) is 16.9 Å². The van der Waals surface area contributed by atoms with E-state index in [-0.39, 0.29) is 0 Å². The molecule has 0 aliphatic carbocycles. The minimum absolute atomic E-state index is 0.406. The largest absolute Gasteiger partial charge is 0.489 e. The minimum atomic E-state index is 0.406. The van der Waals surface area contributed by atoms with Crippen molar-refractivity contribution in [3.63, 3.8) is 0 Å². The molecule has 0 atom stereocenters. The molecule has 0 amide bonds. The van der Waals surface area contributed by atoms with E-state index in [4.69, 9.17) is 27.9 Å². The molecule has 2 aromatic carbocycles. The molecule has 0 aliphatic heterocycles. The Balaban J connectivity index is 1.66. The SMILES string of the molecule is Clc1ccc(COc2cccc(/C=N\n3cnnc3)c2)cc1Cl. The molecule has 0 unspecified atom stereocenters. The topological polar surface area (TPSA) is 52.3 Å². The van der Waals surface area contributed by atoms with Crippen molar-refractivity contribution in [3.8, 4) is 5.75 Å². The van der Waals surface area contributed by atoms with Crippen LogP contribution < -0.4 is 4.74 Å². The lowest BCUT2D eigenvalue weighted by Crippen LogP contribution is -1.96. The second-order valence-electron chi connectivity index (χ2n) is 4.70. The average molecular weight is 347 g/mol. The van der Waals surface area contributed by atoms with Gasteiger partial charge in [0.2, 0.25) is 0 Å². The number of halogens is 2. The van der Waals surface area contributed by atoms with Gasteiger partial charge in [-0.1, -0.05) is 41.4 Å². The molecule has 3 rings (SSSR count). The summed E-state index contributed by atoms with van der Waals surface area (Å²) in [6.07, 6.45) is 4.73. The van der Waals surface area contributed by atoms with Crippen molar-refractivity contribution in [3.05, 3.63) is 76.3 Å².